The van der Waals surface area contributed by atoms with Gasteiger partial charge in [0.15, 0.2) is 11.5 Å². The van der Waals surface area contributed by atoms with Crippen molar-refractivity contribution in [2.75, 3.05) is 13.2 Å². The Morgan fingerprint density at radius 1 is 1.15 bits per heavy atom. The molecule has 4 nitrogen and oxygen atoms in total. The van der Waals surface area contributed by atoms with Crippen LogP contribution in [0.15, 0.2) is 24.3 Å². The van der Waals surface area contributed by atoms with Gasteiger partial charge in [0.25, 0.3) is 0 Å². The van der Waals surface area contributed by atoms with Crippen LogP contribution in [0.25, 0.3) is 11.3 Å². The smallest absolute Gasteiger partial charge is 0.161 e. The largest absolute Gasteiger partial charge is 0.490 e. The molecule has 0 fully saturated rings. The summed E-state index contributed by atoms with van der Waals surface area (Å²) < 4.78 is 13.4. The van der Waals surface area contributed by atoms with Gasteiger partial charge in [0.05, 0.1) is 18.8 Å². The Labute approximate surface area is 118 Å². The number of rotatable bonds is 1. The molecule has 0 bridgehead atoms. The van der Waals surface area contributed by atoms with Crippen LogP contribution < -0.4 is 9.47 Å². The highest BCUT2D eigenvalue weighted by atomic mass is 16.5. The lowest BCUT2D eigenvalue weighted by molar-refractivity contribution is 0.297. The molecule has 0 saturated heterocycles. The van der Waals surface area contributed by atoms with Crippen LogP contribution >= 0.6 is 0 Å². The first-order valence-electron chi connectivity index (χ1n) is 6.67. The van der Waals surface area contributed by atoms with Gasteiger partial charge in [0.2, 0.25) is 0 Å². The lowest BCUT2D eigenvalue weighted by atomic mass is 10.1. The van der Waals surface area contributed by atoms with Gasteiger partial charge < -0.3 is 14.0 Å². The minimum absolute atomic E-state index is 0.673. The van der Waals surface area contributed by atoms with Crippen LogP contribution in [0.5, 0.6) is 11.5 Å². The predicted octanol–water partition coefficient (Wildman–Crippen LogP) is 3.03. The molecule has 1 aliphatic heterocycles. The normalized spacial score (nSPS) is 13.7. The summed E-state index contributed by atoms with van der Waals surface area (Å²) in [5, 5.41) is 9.12. The first-order chi connectivity index (χ1) is 9.70. The number of nitriles is 1. The molecule has 2 aromatic rings. The van der Waals surface area contributed by atoms with E-state index in [4.69, 9.17) is 14.7 Å². The quantitative estimate of drug-likeness (QED) is 0.798. The number of hydrogen-bond donors (Lipinski definition) is 0. The molecule has 4 heteroatoms. The summed E-state index contributed by atoms with van der Waals surface area (Å²) in [6.45, 7) is 3.31. The van der Waals surface area contributed by atoms with Gasteiger partial charge in [-0.2, -0.15) is 5.26 Å². The van der Waals surface area contributed by atoms with E-state index in [2.05, 4.69) is 6.07 Å². The highest BCUT2D eigenvalue weighted by Crippen LogP contribution is 2.35. The van der Waals surface area contributed by atoms with Crippen molar-refractivity contribution in [3.05, 3.63) is 35.5 Å². The molecule has 0 N–H and O–H groups in total. The summed E-state index contributed by atoms with van der Waals surface area (Å²) >= 11 is 0. The van der Waals surface area contributed by atoms with Crippen molar-refractivity contribution in [3.63, 3.8) is 0 Å². The fourth-order valence-corrected chi connectivity index (χ4v) is 2.41. The standard InChI is InChI=1S/C16H16N2O2/c1-11-13(10-17)8-14(18(11)2)12-4-5-15-16(9-12)20-7-3-6-19-15/h4-5,8-9H,3,6-7H2,1-2H3. The van der Waals surface area contributed by atoms with E-state index in [1.165, 1.54) is 0 Å². The second kappa shape index (κ2) is 4.93. The molecule has 1 aromatic carbocycles. The van der Waals surface area contributed by atoms with Crippen molar-refractivity contribution in [2.24, 2.45) is 7.05 Å². The van der Waals surface area contributed by atoms with Gasteiger partial charge >= 0.3 is 0 Å². The molecule has 0 atom stereocenters. The Bertz CT molecular complexity index is 695. The minimum atomic E-state index is 0.673. The Balaban J connectivity index is 2.07. The van der Waals surface area contributed by atoms with Crippen LogP contribution in [-0.2, 0) is 7.05 Å². The van der Waals surface area contributed by atoms with E-state index in [-0.39, 0.29) is 0 Å². The number of aromatic nitrogens is 1. The third-order valence-electron chi connectivity index (χ3n) is 3.70. The van der Waals surface area contributed by atoms with Gasteiger partial charge in [-0.3, -0.25) is 0 Å². The van der Waals surface area contributed by atoms with Crippen molar-refractivity contribution < 1.29 is 9.47 Å². The summed E-state index contributed by atoms with van der Waals surface area (Å²) in [5.74, 6) is 1.56. The third-order valence-corrected chi connectivity index (χ3v) is 3.70. The highest BCUT2D eigenvalue weighted by molar-refractivity contribution is 5.67. The molecule has 0 aliphatic carbocycles. The van der Waals surface area contributed by atoms with E-state index >= 15 is 0 Å². The lowest BCUT2D eigenvalue weighted by Crippen LogP contribution is -1.97. The molecular weight excluding hydrogens is 252 g/mol. The monoisotopic (exact) mass is 268 g/mol. The Hall–Kier alpha value is -2.41. The van der Waals surface area contributed by atoms with Crippen molar-refractivity contribution in [1.82, 2.24) is 4.57 Å². The molecule has 1 aromatic heterocycles. The summed E-state index contributed by atoms with van der Waals surface area (Å²) in [5.41, 5.74) is 3.71. The second-order valence-corrected chi connectivity index (χ2v) is 4.91. The number of ether oxygens (including phenoxy) is 2. The number of hydrogen-bond acceptors (Lipinski definition) is 3. The maximum absolute atomic E-state index is 9.12. The van der Waals surface area contributed by atoms with Crippen molar-refractivity contribution in [1.29, 1.82) is 5.26 Å². The molecule has 0 spiro atoms. The molecular formula is C16H16N2O2. The van der Waals surface area contributed by atoms with Gasteiger partial charge in [-0.15, -0.1) is 0 Å². The zero-order valence-corrected chi connectivity index (χ0v) is 11.6. The van der Waals surface area contributed by atoms with Crippen LogP contribution in [0.4, 0.5) is 0 Å². The van der Waals surface area contributed by atoms with Crippen molar-refractivity contribution in [3.8, 4) is 28.8 Å². The van der Waals surface area contributed by atoms with E-state index in [1.807, 2.05) is 42.8 Å². The highest BCUT2D eigenvalue weighted by Gasteiger charge is 2.15. The van der Waals surface area contributed by atoms with E-state index < -0.39 is 0 Å². The summed E-state index contributed by atoms with van der Waals surface area (Å²) in [6, 6.07) is 10.1. The molecule has 20 heavy (non-hydrogen) atoms. The zero-order chi connectivity index (χ0) is 14.1. The van der Waals surface area contributed by atoms with Crippen LogP contribution in [0.1, 0.15) is 17.7 Å². The number of nitrogens with zero attached hydrogens (tertiary/aromatic N) is 2. The maximum Gasteiger partial charge on any atom is 0.161 e. The molecule has 1 aliphatic rings. The van der Waals surface area contributed by atoms with Crippen LogP contribution in [0.2, 0.25) is 0 Å². The van der Waals surface area contributed by atoms with E-state index in [9.17, 15) is 0 Å². The first kappa shape index (κ1) is 12.6. The van der Waals surface area contributed by atoms with Crippen molar-refractivity contribution in [2.45, 2.75) is 13.3 Å². The minimum Gasteiger partial charge on any atom is -0.490 e. The SMILES string of the molecule is Cc1c(C#N)cc(-c2ccc3c(c2)OCCCO3)n1C. The molecule has 0 unspecified atom stereocenters. The van der Waals surface area contributed by atoms with E-state index in [0.717, 1.165) is 34.9 Å². The second-order valence-electron chi connectivity index (χ2n) is 4.91. The first-order valence-corrected chi connectivity index (χ1v) is 6.67. The predicted molar refractivity (Wildman–Crippen MR) is 75.9 cm³/mol. The fraction of sp³-hybridized carbons (Fsp3) is 0.312. The lowest BCUT2D eigenvalue weighted by Gasteiger charge is -2.10. The molecule has 0 radical (unpaired) electrons. The summed E-state index contributed by atoms with van der Waals surface area (Å²) in [7, 11) is 1.97. The maximum atomic E-state index is 9.12. The van der Waals surface area contributed by atoms with Crippen LogP contribution in [0, 0.1) is 18.3 Å². The average molecular weight is 268 g/mol. The summed E-state index contributed by atoms with van der Waals surface area (Å²) in [6.07, 6.45) is 0.895. The van der Waals surface area contributed by atoms with Gasteiger partial charge in [-0.05, 0) is 31.2 Å². The number of benzene rings is 1. The van der Waals surface area contributed by atoms with Crippen LogP contribution in [-0.4, -0.2) is 17.8 Å². The van der Waals surface area contributed by atoms with Crippen molar-refractivity contribution >= 4 is 0 Å². The molecule has 3 rings (SSSR count). The number of fused-ring (bicyclic) bond motifs is 1. The van der Waals surface area contributed by atoms with Crippen LogP contribution in [0.3, 0.4) is 0 Å². The van der Waals surface area contributed by atoms with Gasteiger partial charge in [0, 0.05) is 30.4 Å². The Morgan fingerprint density at radius 3 is 2.60 bits per heavy atom. The summed E-state index contributed by atoms with van der Waals surface area (Å²) in [4.78, 5) is 0. The van der Waals surface area contributed by atoms with E-state index in [0.29, 0.717) is 18.8 Å². The molecule has 0 saturated carbocycles. The third kappa shape index (κ3) is 2.01. The van der Waals surface area contributed by atoms with E-state index in [1.54, 1.807) is 0 Å². The molecule has 0 amide bonds. The molecule has 2 heterocycles. The average Bonchev–Trinajstić information content (AvgIpc) is 2.66. The topological polar surface area (TPSA) is 47.2 Å². The Morgan fingerprint density at radius 2 is 1.90 bits per heavy atom. The Kier molecular flexibility index (Phi) is 3.11. The van der Waals surface area contributed by atoms with Gasteiger partial charge in [-0.1, -0.05) is 0 Å². The fourth-order valence-electron chi connectivity index (χ4n) is 2.41. The van der Waals surface area contributed by atoms with Gasteiger partial charge in [0.1, 0.15) is 6.07 Å². The van der Waals surface area contributed by atoms with Gasteiger partial charge in [-0.25, -0.2) is 0 Å². The molecule has 102 valence electrons. The zero-order valence-electron chi connectivity index (χ0n) is 11.6.